The van der Waals surface area contributed by atoms with Crippen molar-refractivity contribution in [3.05, 3.63) is 46.2 Å². The van der Waals surface area contributed by atoms with Crippen molar-refractivity contribution in [2.45, 2.75) is 30.9 Å². The molecule has 2 unspecified atom stereocenters. The van der Waals surface area contributed by atoms with Gasteiger partial charge >= 0.3 is 0 Å². The Hall–Kier alpha value is -0.970. The quantitative estimate of drug-likeness (QED) is 0.837. The van der Waals surface area contributed by atoms with Gasteiger partial charge in [-0.2, -0.15) is 0 Å². The fourth-order valence-corrected chi connectivity index (χ4v) is 3.44. The Morgan fingerprint density at radius 3 is 2.53 bits per heavy atom. The molecule has 4 heteroatoms. The Labute approximate surface area is 123 Å². The van der Waals surface area contributed by atoms with Crippen LogP contribution in [0.25, 0.3) is 0 Å². The van der Waals surface area contributed by atoms with Gasteiger partial charge < -0.3 is 10.5 Å². The fourth-order valence-electron chi connectivity index (χ4n) is 1.88. The van der Waals surface area contributed by atoms with Gasteiger partial charge in [0.1, 0.15) is 11.9 Å². The molecule has 1 heterocycles. The Kier molecular flexibility index (Phi) is 4.91. The van der Waals surface area contributed by atoms with E-state index in [2.05, 4.69) is 31.4 Å². The summed E-state index contributed by atoms with van der Waals surface area (Å²) in [6.07, 6.45) is 1.96. The molecule has 2 atom stereocenters. The number of thiophene rings is 1. The third-order valence-corrected chi connectivity index (χ3v) is 4.68. The lowest BCUT2D eigenvalue weighted by Crippen LogP contribution is -2.28. The molecule has 0 bridgehead atoms. The zero-order chi connectivity index (χ0) is 13.8. The van der Waals surface area contributed by atoms with Crippen molar-refractivity contribution in [1.29, 1.82) is 0 Å². The molecule has 0 amide bonds. The van der Waals surface area contributed by atoms with Crippen molar-refractivity contribution in [3.8, 4) is 5.75 Å². The second-order valence-corrected chi connectivity index (χ2v) is 6.66. The zero-order valence-electron chi connectivity index (χ0n) is 11.4. The monoisotopic (exact) mass is 293 g/mol. The van der Waals surface area contributed by atoms with E-state index >= 15 is 0 Å². The predicted octanol–water partition coefficient (Wildman–Crippen LogP) is 4.25. The number of thioether (sulfide) groups is 1. The molecule has 0 saturated carbocycles. The minimum Gasteiger partial charge on any atom is -0.482 e. The molecule has 0 saturated heterocycles. The van der Waals surface area contributed by atoms with E-state index in [1.807, 2.05) is 25.1 Å². The Bertz CT molecular complexity index is 536. The second kappa shape index (κ2) is 6.46. The molecule has 2 aromatic rings. The minimum absolute atomic E-state index is 0.0482. The average molecular weight is 293 g/mol. The molecule has 19 heavy (non-hydrogen) atoms. The summed E-state index contributed by atoms with van der Waals surface area (Å²) in [6.45, 7) is 4.09. The van der Waals surface area contributed by atoms with E-state index in [-0.39, 0.29) is 12.1 Å². The van der Waals surface area contributed by atoms with Crippen molar-refractivity contribution in [3.63, 3.8) is 0 Å². The first-order valence-corrected chi connectivity index (χ1v) is 8.27. The van der Waals surface area contributed by atoms with Crippen LogP contribution < -0.4 is 10.5 Å². The van der Waals surface area contributed by atoms with Crippen LogP contribution in [0.5, 0.6) is 5.75 Å². The number of aryl methyl sites for hydroxylation is 1. The predicted molar refractivity (Wildman–Crippen MR) is 84.3 cm³/mol. The van der Waals surface area contributed by atoms with E-state index in [0.29, 0.717) is 0 Å². The largest absolute Gasteiger partial charge is 0.482 e. The molecule has 2 nitrogen and oxygen atoms in total. The summed E-state index contributed by atoms with van der Waals surface area (Å²) in [6, 6.07) is 12.3. The summed E-state index contributed by atoms with van der Waals surface area (Å²) in [7, 11) is 0. The van der Waals surface area contributed by atoms with Crippen LogP contribution in [0.2, 0.25) is 0 Å². The molecule has 1 aromatic heterocycles. The van der Waals surface area contributed by atoms with Crippen molar-refractivity contribution in [1.82, 2.24) is 0 Å². The van der Waals surface area contributed by atoms with E-state index in [4.69, 9.17) is 10.5 Å². The van der Waals surface area contributed by atoms with Gasteiger partial charge in [-0.15, -0.1) is 23.1 Å². The van der Waals surface area contributed by atoms with Gasteiger partial charge in [-0.05, 0) is 44.4 Å². The maximum Gasteiger partial charge on any atom is 0.148 e. The maximum atomic E-state index is 6.16. The van der Waals surface area contributed by atoms with Crippen molar-refractivity contribution >= 4 is 23.1 Å². The standard InChI is InChI=1S/C15H19NOS2/c1-10-8-9-14(19-10)15(11(2)16)17-12-6-4-5-7-13(12)18-3/h4-9,11,15H,16H2,1-3H3. The SMILES string of the molecule is CSc1ccccc1OC(c1ccc(C)s1)C(C)N. The molecule has 2 rings (SSSR count). The fraction of sp³-hybridized carbons (Fsp3) is 0.333. The van der Waals surface area contributed by atoms with Crippen LogP contribution in [0.4, 0.5) is 0 Å². The summed E-state index contributed by atoms with van der Waals surface area (Å²) < 4.78 is 6.16. The first-order valence-electron chi connectivity index (χ1n) is 6.23. The van der Waals surface area contributed by atoms with Crippen molar-refractivity contribution < 1.29 is 4.74 Å². The van der Waals surface area contributed by atoms with Gasteiger partial charge in [-0.25, -0.2) is 0 Å². The van der Waals surface area contributed by atoms with Crippen molar-refractivity contribution in [2.75, 3.05) is 6.26 Å². The van der Waals surface area contributed by atoms with Crippen LogP contribution in [-0.2, 0) is 0 Å². The topological polar surface area (TPSA) is 35.2 Å². The van der Waals surface area contributed by atoms with Gasteiger partial charge in [0.25, 0.3) is 0 Å². The average Bonchev–Trinajstić information content (AvgIpc) is 2.82. The highest BCUT2D eigenvalue weighted by Gasteiger charge is 2.21. The Morgan fingerprint density at radius 2 is 1.95 bits per heavy atom. The highest BCUT2D eigenvalue weighted by atomic mass is 32.2. The third kappa shape index (κ3) is 3.53. The molecule has 2 N–H and O–H groups in total. The van der Waals surface area contributed by atoms with E-state index in [1.54, 1.807) is 23.1 Å². The van der Waals surface area contributed by atoms with Gasteiger partial charge in [0, 0.05) is 20.7 Å². The molecular weight excluding hydrogens is 274 g/mol. The Morgan fingerprint density at radius 1 is 1.21 bits per heavy atom. The molecule has 0 radical (unpaired) electrons. The maximum absolute atomic E-state index is 6.16. The molecule has 0 aliphatic carbocycles. The summed E-state index contributed by atoms with van der Waals surface area (Å²) in [5.41, 5.74) is 6.09. The summed E-state index contributed by atoms with van der Waals surface area (Å²) in [5.74, 6) is 0.906. The smallest absolute Gasteiger partial charge is 0.148 e. The molecule has 0 aliphatic heterocycles. The highest BCUT2D eigenvalue weighted by Crippen LogP contribution is 2.34. The lowest BCUT2D eigenvalue weighted by Gasteiger charge is -2.22. The minimum atomic E-state index is -0.0907. The highest BCUT2D eigenvalue weighted by molar-refractivity contribution is 7.98. The van der Waals surface area contributed by atoms with E-state index < -0.39 is 0 Å². The first kappa shape index (κ1) is 14.4. The van der Waals surface area contributed by atoms with Crippen LogP contribution in [0, 0.1) is 6.92 Å². The molecular formula is C15H19NOS2. The van der Waals surface area contributed by atoms with Crippen LogP contribution in [0.1, 0.15) is 22.8 Å². The zero-order valence-corrected chi connectivity index (χ0v) is 13.1. The number of rotatable bonds is 5. The van der Waals surface area contributed by atoms with Gasteiger partial charge in [-0.3, -0.25) is 0 Å². The number of hydrogen-bond donors (Lipinski definition) is 1. The lowest BCUT2D eigenvalue weighted by atomic mass is 10.1. The van der Waals surface area contributed by atoms with Crippen LogP contribution >= 0.6 is 23.1 Å². The molecule has 0 spiro atoms. The summed E-state index contributed by atoms with van der Waals surface area (Å²) in [4.78, 5) is 3.60. The van der Waals surface area contributed by atoms with Crippen molar-refractivity contribution in [2.24, 2.45) is 5.73 Å². The van der Waals surface area contributed by atoms with E-state index in [0.717, 1.165) is 10.6 Å². The summed E-state index contributed by atoms with van der Waals surface area (Å²) in [5, 5.41) is 0. The molecule has 0 aliphatic rings. The molecule has 102 valence electrons. The van der Waals surface area contributed by atoms with Gasteiger partial charge in [0.2, 0.25) is 0 Å². The molecule has 0 fully saturated rings. The van der Waals surface area contributed by atoms with Gasteiger partial charge in [0.05, 0.1) is 0 Å². The number of hydrogen-bond acceptors (Lipinski definition) is 4. The third-order valence-electron chi connectivity index (χ3n) is 2.84. The lowest BCUT2D eigenvalue weighted by molar-refractivity contribution is 0.179. The number of benzene rings is 1. The van der Waals surface area contributed by atoms with Crippen LogP contribution in [0.3, 0.4) is 0 Å². The van der Waals surface area contributed by atoms with Gasteiger partial charge in [-0.1, -0.05) is 12.1 Å². The van der Waals surface area contributed by atoms with Crippen LogP contribution in [-0.4, -0.2) is 12.3 Å². The van der Waals surface area contributed by atoms with Gasteiger partial charge in [0.15, 0.2) is 0 Å². The number of nitrogens with two attached hydrogens (primary N) is 1. The normalized spacial score (nSPS) is 14.1. The number of ether oxygens (including phenoxy) is 1. The first-order chi connectivity index (χ1) is 9.11. The van der Waals surface area contributed by atoms with E-state index in [9.17, 15) is 0 Å². The second-order valence-electron chi connectivity index (χ2n) is 4.50. The molecule has 1 aromatic carbocycles. The number of para-hydroxylation sites is 1. The Balaban J connectivity index is 2.26. The van der Waals surface area contributed by atoms with E-state index in [1.165, 1.54) is 9.75 Å². The van der Waals surface area contributed by atoms with Crippen LogP contribution in [0.15, 0.2) is 41.3 Å². The summed E-state index contributed by atoms with van der Waals surface area (Å²) >= 11 is 3.43.